The van der Waals surface area contributed by atoms with Gasteiger partial charge >= 0.3 is 6.18 Å². The zero-order valence-corrected chi connectivity index (χ0v) is 10.9. The summed E-state index contributed by atoms with van der Waals surface area (Å²) >= 11 is 1.43. The van der Waals surface area contributed by atoms with Gasteiger partial charge in [0, 0.05) is 10.9 Å². The SMILES string of the molecule is NCCCc1csc(-c2ccc(C(F)(F)F)cc2)n1. The highest BCUT2D eigenvalue weighted by Crippen LogP contribution is 2.31. The zero-order chi connectivity index (χ0) is 13.9. The number of nitrogens with zero attached hydrogens (tertiary/aromatic N) is 1. The van der Waals surface area contributed by atoms with Gasteiger partial charge in [-0.25, -0.2) is 4.98 Å². The number of thiazole rings is 1. The van der Waals surface area contributed by atoms with Gasteiger partial charge in [0.2, 0.25) is 0 Å². The maximum atomic E-state index is 12.4. The Morgan fingerprint density at radius 3 is 2.42 bits per heavy atom. The second kappa shape index (κ2) is 5.71. The van der Waals surface area contributed by atoms with Crippen LogP contribution >= 0.6 is 11.3 Å². The average molecular weight is 286 g/mol. The van der Waals surface area contributed by atoms with E-state index < -0.39 is 11.7 Å². The van der Waals surface area contributed by atoms with Crippen molar-refractivity contribution >= 4 is 11.3 Å². The van der Waals surface area contributed by atoms with E-state index in [2.05, 4.69) is 4.98 Å². The Balaban J connectivity index is 2.16. The number of alkyl halides is 3. The second-order valence-electron chi connectivity index (χ2n) is 4.11. The summed E-state index contributed by atoms with van der Waals surface area (Å²) in [7, 11) is 0. The Hall–Kier alpha value is -1.40. The van der Waals surface area contributed by atoms with Gasteiger partial charge in [0.25, 0.3) is 0 Å². The molecule has 0 spiro atoms. The van der Waals surface area contributed by atoms with Crippen molar-refractivity contribution in [3.8, 4) is 10.6 Å². The topological polar surface area (TPSA) is 38.9 Å². The van der Waals surface area contributed by atoms with E-state index in [0.29, 0.717) is 12.1 Å². The third-order valence-electron chi connectivity index (χ3n) is 2.65. The van der Waals surface area contributed by atoms with Crippen LogP contribution in [0, 0.1) is 0 Å². The molecular formula is C13H13F3N2S. The molecule has 1 aromatic heterocycles. The van der Waals surface area contributed by atoms with E-state index in [1.165, 1.54) is 23.5 Å². The largest absolute Gasteiger partial charge is 0.416 e. The fraction of sp³-hybridized carbons (Fsp3) is 0.308. The summed E-state index contributed by atoms with van der Waals surface area (Å²) in [6.45, 7) is 0.604. The van der Waals surface area contributed by atoms with E-state index in [1.807, 2.05) is 5.38 Å². The van der Waals surface area contributed by atoms with Crippen molar-refractivity contribution in [2.24, 2.45) is 5.73 Å². The fourth-order valence-electron chi connectivity index (χ4n) is 1.64. The highest BCUT2D eigenvalue weighted by molar-refractivity contribution is 7.13. The number of benzene rings is 1. The van der Waals surface area contributed by atoms with Crippen LogP contribution in [-0.2, 0) is 12.6 Å². The molecule has 0 aliphatic heterocycles. The number of nitrogens with two attached hydrogens (primary N) is 1. The van der Waals surface area contributed by atoms with Gasteiger partial charge in [-0.2, -0.15) is 13.2 Å². The van der Waals surface area contributed by atoms with Crippen molar-refractivity contribution in [3.05, 3.63) is 40.9 Å². The molecule has 0 radical (unpaired) electrons. The van der Waals surface area contributed by atoms with Crippen LogP contribution in [0.25, 0.3) is 10.6 Å². The van der Waals surface area contributed by atoms with Crippen LogP contribution in [-0.4, -0.2) is 11.5 Å². The molecule has 102 valence electrons. The first-order valence-corrected chi connectivity index (χ1v) is 6.71. The molecule has 0 unspecified atom stereocenters. The normalized spacial score (nSPS) is 11.8. The van der Waals surface area contributed by atoms with Crippen LogP contribution < -0.4 is 5.73 Å². The predicted octanol–water partition coefficient (Wildman–Crippen LogP) is 3.72. The molecule has 2 N–H and O–H groups in total. The number of hydrogen-bond donors (Lipinski definition) is 1. The molecule has 0 amide bonds. The zero-order valence-electron chi connectivity index (χ0n) is 10.1. The lowest BCUT2D eigenvalue weighted by Crippen LogP contribution is -2.04. The summed E-state index contributed by atoms with van der Waals surface area (Å²) < 4.78 is 37.3. The van der Waals surface area contributed by atoms with Crippen LogP contribution in [0.3, 0.4) is 0 Å². The second-order valence-corrected chi connectivity index (χ2v) is 4.97. The number of hydrogen-bond acceptors (Lipinski definition) is 3. The van der Waals surface area contributed by atoms with Crippen molar-refractivity contribution in [2.75, 3.05) is 6.54 Å². The van der Waals surface area contributed by atoms with E-state index >= 15 is 0 Å². The average Bonchev–Trinajstić information content (AvgIpc) is 2.84. The molecular weight excluding hydrogens is 273 g/mol. The number of aryl methyl sites for hydroxylation is 1. The van der Waals surface area contributed by atoms with Gasteiger partial charge < -0.3 is 5.73 Å². The minimum atomic E-state index is -4.30. The van der Waals surface area contributed by atoms with E-state index in [9.17, 15) is 13.2 Å². The molecule has 2 nitrogen and oxygen atoms in total. The first kappa shape index (κ1) is 14.0. The lowest BCUT2D eigenvalue weighted by Gasteiger charge is -2.06. The molecule has 1 heterocycles. The lowest BCUT2D eigenvalue weighted by atomic mass is 10.1. The summed E-state index contributed by atoms with van der Waals surface area (Å²) in [6, 6.07) is 5.06. The molecule has 0 aliphatic carbocycles. The standard InChI is InChI=1S/C13H13F3N2S/c14-13(15,16)10-5-3-9(4-6-10)12-18-11(8-19-12)2-1-7-17/h3-6,8H,1-2,7,17H2. The highest BCUT2D eigenvalue weighted by Gasteiger charge is 2.30. The molecule has 0 bridgehead atoms. The van der Waals surface area contributed by atoms with Crippen molar-refractivity contribution in [3.63, 3.8) is 0 Å². The molecule has 2 rings (SSSR count). The first-order chi connectivity index (χ1) is 9.00. The van der Waals surface area contributed by atoms with E-state index in [-0.39, 0.29) is 0 Å². The van der Waals surface area contributed by atoms with Crippen LogP contribution in [0.4, 0.5) is 13.2 Å². The summed E-state index contributed by atoms with van der Waals surface area (Å²) in [5, 5.41) is 2.66. The molecule has 0 saturated carbocycles. The van der Waals surface area contributed by atoms with Crippen LogP contribution in [0.15, 0.2) is 29.6 Å². The van der Waals surface area contributed by atoms with Gasteiger partial charge in [-0.1, -0.05) is 12.1 Å². The van der Waals surface area contributed by atoms with E-state index in [0.717, 1.165) is 35.7 Å². The molecule has 0 fully saturated rings. The maximum Gasteiger partial charge on any atom is 0.416 e. The summed E-state index contributed by atoms with van der Waals surface area (Å²) in [5.41, 5.74) is 6.42. The highest BCUT2D eigenvalue weighted by atomic mass is 32.1. The maximum absolute atomic E-state index is 12.4. The minimum Gasteiger partial charge on any atom is -0.330 e. The Morgan fingerprint density at radius 1 is 1.16 bits per heavy atom. The van der Waals surface area contributed by atoms with Crippen molar-refractivity contribution in [1.82, 2.24) is 4.98 Å². The Kier molecular flexibility index (Phi) is 4.21. The van der Waals surface area contributed by atoms with Gasteiger partial charge in [0.1, 0.15) is 5.01 Å². The molecule has 0 aliphatic rings. The first-order valence-electron chi connectivity index (χ1n) is 5.83. The van der Waals surface area contributed by atoms with Gasteiger partial charge in [-0.15, -0.1) is 11.3 Å². The Morgan fingerprint density at radius 2 is 1.84 bits per heavy atom. The van der Waals surface area contributed by atoms with Gasteiger partial charge in [-0.3, -0.25) is 0 Å². The number of rotatable bonds is 4. The van der Waals surface area contributed by atoms with Gasteiger partial charge in [0.15, 0.2) is 0 Å². The van der Waals surface area contributed by atoms with Crippen molar-refractivity contribution in [2.45, 2.75) is 19.0 Å². The van der Waals surface area contributed by atoms with Crippen molar-refractivity contribution in [1.29, 1.82) is 0 Å². The molecule has 6 heteroatoms. The Labute approximate surface area is 113 Å². The Bertz CT molecular complexity index is 532. The monoisotopic (exact) mass is 286 g/mol. The fourth-order valence-corrected chi connectivity index (χ4v) is 2.50. The summed E-state index contributed by atoms with van der Waals surface area (Å²) in [5.74, 6) is 0. The smallest absolute Gasteiger partial charge is 0.330 e. The summed E-state index contributed by atoms with van der Waals surface area (Å²) in [4.78, 5) is 4.39. The third-order valence-corrected chi connectivity index (χ3v) is 3.59. The molecule has 1 aromatic carbocycles. The molecule has 0 saturated heterocycles. The van der Waals surface area contributed by atoms with Crippen LogP contribution in [0.1, 0.15) is 17.7 Å². The summed E-state index contributed by atoms with van der Waals surface area (Å²) in [6.07, 6.45) is -2.64. The van der Waals surface area contributed by atoms with E-state index in [4.69, 9.17) is 5.73 Å². The van der Waals surface area contributed by atoms with E-state index in [1.54, 1.807) is 0 Å². The van der Waals surface area contributed by atoms with Crippen LogP contribution in [0.2, 0.25) is 0 Å². The minimum absolute atomic E-state index is 0.604. The lowest BCUT2D eigenvalue weighted by molar-refractivity contribution is -0.137. The van der Waals surface area contributed by atoms with Crippen LogP contribution in [0.5, 0.6) is 0 Å². The number of halogens is 3. The number of aromatic nitrogens is 1. The predicted molar refractivity (Wildman–Crippen MR) is 69.9 cm³/mol. The molecule has 0 atom stereocenters. The van der Waals surface area contributed by atoms with Crippen molar-refractivity contribution < 1.29 is 13.2 Å². The van der Waals surface area contributed by atoms with Gasteiger partial charge in [0.05, 0.1) is 11.3 Å². The third kappa shape index (κ3) is 3.54. The van der Waals surface area contributed by atoms with Gasteiger partial charge in [-0.05, 0) is 31.5 Å². The quantitative estimate of drug-likeness (QED) is 0.930. The molecule has 2 aromatic rings. The molecule has 19 heavy (non-hydrogen) atoms.